The van der Waals surface area contributed by atoms with Crippen molar-refractivity contribution in [1.29, 1.82) is 5.26 Å². The van der Waals surface area contributed by atoms with E-state index in [4.69, 9.17) is 11.0 Å². The molecule has 4 heteroatoms. The van der Waals surface area contributed by atoms with Gasteiger partial charge in [0.25, 0.3) is 0 Å². The molecule has 3 rings (SSSR count). The zero-order chi connectivity index (χ0) is 13.9. The van der Waals surface area contributed by atoms with E-state index in [9.17, 15) is 0 Å². The lowest BCUT2D eigenvalue weighted by Crippen LogP contribution is -1.93. The summed E-state index contributed by atoms with van der Waals surface area (Å²) in [5.74, 6) is 0. The number of aromatic nitrogens is 1. The highest BCUT2D eigenvalue weighted by molar-refractivity contribution is 7.99. The van der Waals surface area contributed by atoms with E-state index >= 15 is 0 Å². The number of hydrogen-bond acceptors (Lipinski definition) is 3. The Balaban J connectivity index is 1.90. The van der Waals surface area contributed by atoms with Gasteiger partial charge in [-0.25, -0.2) is 0 Å². The van der Waals surface area contributed by atoms with Gasteiger partial charge in [-0.3, -0.25) is 0 Å². The summed E-state index contributed by atoms with van der Waals surface area (Å²) < 4.78 is 0. The monoisotopic (exact) mass is 279 g/mol. The van der Waals surface area contributed by atoms with Crippen molar-refractivity contribution >= 4 is 28.4 Å². The summed E-state index contributed by atoms with van der Waals surface area (Å²) in [6.45, 7) is 0. The van der Waals surface area contributed by atoms with Crippen LogP contribution in [0.3, 0.4) is 0 Å². The molecule has 0 radical (unpaired) electrons. The summed E-state index contributed by atoms with van der Waals surface area (Å²) in [7, 11) is 0. The number of hydrogen-bond donors (Lipinski definition) is 2. The second-order valence-corrected chi connectivity index (χ2v) is 5.63. The van der Waals surface area contributed by atoms with Gasteiger partial charge in [0.2, 0.25) is 0 Å². The summed E-state index contributed by atoms with van der Waals surface area (Å²) in [6, 6.07) is 18.3. The molecule has 0 aliphatic carbocycles. The van der Waals surface area contributed by atoms with Crippen molar-refractivity contribution in [3.8, 4) is 6.07 Å². The van der Waals surface area contributed by atoms with Gasteiger partial charge in [0.1, 0.15) is 0 Å². The van der Waals surface area contributed by atoms with Crippen LogP contribution >= 0.6 is 11.8 Å². The summed E-state index contributed by atoms with van der Waals surface area (Å²) >= 11 is 1.64. The van der Waals surface area contributed by atoms with Crippen molar-refractivity contribution < 1.29 is 0 Å². The van der Waals surface area contributed by atoms with Crippen molar-refractivity contribution in [3.05, 3.63) is 54.1 Å². The first-order chi connectivity index (χ1) is 9.76. The van der Waals surface area contributed by atoms with Crippen LogP contribution in [-0.4, -0.2) is 4.98 Å². The number of nitrogens with one attached hydrogen (secondary N) is 1. The molecule has 3 nitrogen and oxygen atoms in total. The summed E-state index contributed by atoms with van der Waals surface area (Å²) in [4.78, 5) is 4.46. The molecule has 98 valence electrons. The number of nitrogen functional groups attached to an aromatic ring is 1. The number of rotatable bonds is 3. The van der Waals surface area contributed by atoms with E-state index in [1.807, 2.05) is 30.3 Å². The van der Waals surface area contributed by atoms with Crippen LogP contribution in [0, 0.1) is 11.3 Å². The maximum absolute atomic E-state index is 8.80. The zero-order valence-electron chi connectivity index (χ0n) is 10.8. The Labute approximate surface area is 121 Å². The Hall–Kier alpha value is -2.38. The first kappa shape index (κ1) is 12.6. The number of H-pyrrole nitrogens is 1. The highest BCUT2D eigenvalue weighted by Gasteiger charge is 2.05. The molecule has 0 atom stereocenters. The molecule has 2 aromatic carbocycles. The van der Waals surface area contributed by atoms with Gasteiger partial charge in [0.05, 0.1) is 17.5 Å². The topological polar surface area (TPSA) is 65.6 Å². The molecule has 0 amide bonds. The van der Waals surface area contributed by atoms with Crippen molar-refractivity contribution in [2.24, 2.45) is 0 Å². The highest BCUT2D eigenvalue weighted by Crippen LogP contribution is 2.31. The number of nitrogens with two attached hydrogens (primary N) is 1. The number of fused-ring (bicyclic) bond motifs is 1. The molecule has 0 aliphatic rings. The van der Waals surface area contributed by atoms with Gasteiger partial charge >= 0.3 is 0 Å². The van der Waals surface area contributed by atoms with E-state index in [1.54, 1.807) is 11.8 Å². The molecular formula is C16H13N3S. The molecule has 0 spiro atoms. The average molecular weight is 279 g/mol. The number of anilines is 1. The minimum absolute atomic E-state index is 0.340. The van der Waals surface area contributed by atoms with E-state index in [2.05, 4.69) is 29.3 Å². The first-order valence-corrected chi connectivity index (χ1v) is 7.09. The molecule has 1 aromatic heterocycles. The third-order valence-corrected chi connectivity index (χ3v) is 4.05. The van der Waals surface area contributed by atoms with Crippen LogP contribution in [0.2, 0.25) is 0 Å². The largest absolute Gasteiger partial charge is 0.398 e. The summed E-state index contributed by atoms with van der Waals surface area (Å²) in [5, 5.41) is 11.1. The van der Waals surface area contributed by atoms with E-state index in [0.29, 0.717) is 12.1 Å². The van der Waals surface area contributed by atoms with Crippen molar-refractivity contribution in [2.75, 3.05) is 5.73 Å². The van der Waals surface area contributed by atoms with Crippen LogP contribution in [0.4, 0.5) is 5.69 Å². The predicted octanol–water partition coefficient (Wildman–Crippen LogP) is 3.97. The van der Waals surface area contributed by atoms with Gasteiger partial charge in [-0.2, -0.15) is 5.26 Å². The lowest BCUT2D eigenvalue weighted by molar-refractivity contribution is 1.21. The van der Waals surface area contributed by atoms with Crippen LogP contribution in [0.15, 0.2) is 58.5 Å². The number of nitriles is 1. The van der Waals surface area contributed by atoms with E-state index in [1.165, 1.54) is 5.39 Å². The van der Waals surface area contributed by atoms with E-state index < -0.39 is 0 Å². The normalized spacial score (nSPS) is 10.6. The van der Waals surface area contributed by atoms with Gasteiger partial charge in [0.15, 0.2) is 0 Å². The van der Waals surface area contributed by atoms with Crippen molar-refractivity contribution in [1.82, 2.24) is 4.98 Å². The second-order valence-electron chi connectivity index (χ2n) is 4.52. The Morgan fingerprint density at radius 3 is 2.80 bits per heavy atom. The lowest BCUT2D eigenvalue weighted by Gasteiger charge is -2.04. The Kier molecular flexibility index (Phi) is 3.36. The van der Waals surface area contributed by atoms with Gasteiger partial charge < -0.3 is 10.7 Å². The van der Waals surface area contributed by atoms with Gasteiger partial charge in [-0.15, -0.1) is 0 Å². The van der Waals surface area contributed by atoms with Crippen LogP contribution in [0.1, 0.15) is 5.56 Å². The Morgan fingerprint density at radius 2 is 2.00 bits per heavy atom. The van der Waals surface area contributed by atoms with Crippen molar-refractivity contribution in [3.63, 3.8) is 0 Å². The van der Waals surface area contributed by atoms with Gasteiger partial charge in [-0.05, 0) is 35.9 Å². The SMILES string of the molecule is N#CCc1cc(Sc2cc3ccccc3[nH]2)ccc1N. The predicted molar refractivity (Wildman–Crippen MR) is 82.6 cm³/mol. The van der Waals surface area contributed by atoms with Crippen LogP contribution in [0.25, 0.3) is 10.9 Å². The summed E-state index contributed by atoms with van der Waals surface area (Å²) in [6.07, 6.45) is 0.340. The molecular weight excluding hydrogens is 266 g/mol. The third kappa shape index (κ3) is 2.49. The van der Waals surface area contributed by atoms with E-state index in [-0.39, 0.29) is 0 Å². The van der Waals surface area contributed by atoms with Crippen molar-refractivity contribution in [2.45, 2.75) is 16.3 Å². The first-order valence-electron chi connectivity index (χ1n) is 6.27. The van der Waals surface area contributed by atoms with Crippen LogP contribution < -0.4 is 5.73 Å². The smallest absolute Gasteiger partial charge is 0.0780 e. The molecule has 3 N–H and O–H groups in total. The maximum atomic E-state index is 8.80. The number of benzene rings is 2. The molecule has 0 saturated carbocycles. The standard InChI is InChI=1S/C16H13N3S/c17-8-7-11-9-13(5-6-14(11)18)20-16-10-12-3-1-2-4-15(12)19-16/h1-6,9-10,19H,7,18H2. The molecule has 0 aliphatic heterocycles. The van der Waals surface area contributed by atoms with E-state index in [0.717, 1.165) is 21.0 Å². The van der Waals surface area contributed by atoms with Crippen LogP contribution in [0.5, 0.6) is 0 Å². The fourth-order valence-electron chi connectivity index (χ4n) is 2.11. The number of aromatic amines is 1. The van der Waals surface area contributed by atoms with Crippen LogP contribution in [-0.2, 0) is 6.42 Å². The second kappa shape index (κ2) is 5.32. The number of nitrogens with zero attached hydrogens (tertiary/aromatic N) is 1. The minimum atomic E-state index is 0.340. The Morgan fingerprint density at radius 1 is 1.15 bits per heavy atom. The van der Waals surface area contributed by atoms with Gasteiger partial charge in [-0.1, -0.05) is 30.0 Å². The molecule has 3 aromatic rings. The number of para-hydroxylation sites is 1. The molecule has 1 heterocycles. The quantitative estimate of drug-likeness (QED) is 0.713. The molecule has 0 fully saturated rings. The molecule has 20 heavy (non-hydrogen) atoms. The minimum Gasteiger partial charge on any atom is -0.398 e. The zero-order valence-corrected chi connectivity index (χ0v) is 11.6. The molecule has 0 unspecified atom stereocenters. The molecule has 0 bridgehead atoms. The molecule has 0 saturated heterocycles. The fraction of sp³-hybridized carbons (Fsp3) is 0.0625. The lowest BCUT2D eigenvalue weighted by atomic mass is 10.1. The third-order valence-electron chi connectivity index (χ3n) is 3.12. The maximum Gasteiger partial charge on any atom is 0.0780 e. The highest BCUT2D eigenvalue weighted by atomic mass is 32.2. The average Bonchev–Trinajstić information content (AvgIpc) is 2.85. The fourth-order valence-corrected chi connectivity index (χ4v) is 3.05. The Bertz CT molecular complexity index is 766. The summed E-state index contributed by atoms with van der Waals surface area (Å²) in [5.41, 5.74) is 8.55. The van der Waals surface area contributed by atoms with Gasteiger partial charge in [0, 0.05) is 21.5 Å².